The third kappa shape index (κ3) is 16.9. The van der Waals surface area contributed by atoms with Crippen molar-refractivity contribution in [2.45, 2.75) is 93.0 Å². The van der Waals surface area contributed by atoms with Gasteiger partial charge >= 0.3 is 17.9 Å². The molecule has 2 heterocycles. The number of nitrogens with zero attached hydrogens (tertiary/aromatic N) is 3. The molecule has 19 N–H and O–H groups in total. The fourth-order valence-corrected chi connectivity index (χ4v) is 6.22. The number of thiol groups is 1. The highest BCUT2D eigenvalue weighted by Crippen LogP contribution is 2.14. The van der Waals surface area contributed by atoms with Gasteiger partial charge in [-0.3, -0.25) is 38.5 Å². The molecule has 0 fully saturated rings. The number of aliphatic hydroxyl groups is 7. The Balaban J connectivity index is 1.75. The van der Waals surface area contributed by atoms with Crippen molar-refractivity contribution < 1.29 is 89.4 Å². The molecule has 3 aromatic rings. The first-order chi connectivity index (χ1) is 32.5. The summed E-state index contributed by atoms with van der Waals surface area (Å²) in [5, 5.41) is 112. The number of benzene rings is 1. The number of amides is 5. The lowest BCUT2D eigenvalue weighted by Gasteiger charge is -2.30. The monoisotopic (exact) mass is 997 g/mol. The Morgan fingerprint density at radius 1 is 0.710 bits per heavy atom. The van der Waals surface area contributed by atoms with Crippen LogP contribution in [-0.2, 0) is 40.1 Å². The quantitative estimate of drug-likeness (QED) is 0.0300. The number of carbonyl (C=O) groups excluding carboxylic acids is 5. The standard InChI is InChI=1S/C38H51N11O19S/c39-38-48-30-27(35(64)49-38)42-16(10-41-30)9-40-15-3-1-14(2-4-15)31(60)43-17(36(65)66)5-6-24(55)47-26(29(59)28(58)23(54)12-51)34(63)45-19(8-25(56)57)33(62)44-18(7-21(52)22(53)11-50)32(61)46-20(13-69)37(67)68/h1-4,10,17-23,26,28-29,40,50-54,58-59,69H,5-9,11-13H2,(H,43,60)(H,44,62)(H,45,63)(H,46,61)(H,47,55)(H,56,57)(H,65,66)(H,67,68)(H3,39,41,48,49,64)/t17-,18?,19-,20+,21-,22+,23+,26?,28+,29?/m0/s1. The normalized spacial score (nSPS) is 15.6. The van der Waals surface area contributed by atoms with Crippen LogP contribution in [0.1, 0.15) is 41.7 Å². The van der Waals surface area contributed by atoms with E-state index in [1.807, 2.05) is 21.3 Å². The average molecular weight is 998 g/mol. The van der Waals surface area contributed by atoms with Gasteiger partial charge in [0.2, 0.25) is 29.6 Å². The molecule has 3 unspecified atom stereocenters. The lowest BCUT2D eigenvalue weighted by molar-refractivity contribution is -0.145. The maximum absolute atomic E-state index is 13.6. The van der Waals surface area contributed by atoms with Gasteiger partial charge in [0.15, 0.2) is 11.2 Å². The van der Waals surface area contributed by atoms with Gasteiger partial charge in [-0.05, 0) is 30.7 Å². The molecule has 69 heavy (non-hydrogen) atoms. The van der Waals surface area contributed by atoms with E-state index in [1.165, 1.54) is 30.5 Å². The van der Waals surface area contributed by atoms with E-state index in [0.717, 1.165) is 0 Å². The van der Waals surface area contributed by atoms with Crippen molar-refractivity contribution >= 4 is 82.9 Å². The summed E-state index contributed by atoms with van der Waals surface area (Å²) in [6, 6.07) is -4.58. The van der Waals surface area contributed by atoms with Gasteiger partial charge < -0.3 is 88.7 Å². The molecule has 1 aromatic carbocycles. The first kappa shape index (κ1) is 56.2. The maximum atomic E-state index is 13.6. The molecule has 10 atom stereocenters. The molecule has 30 nitrogen and oxygen atoms in total. The zero-order valence-electron chi connectivity index (χ0n) is 35.8. The van der Waals surface area contributed by atoms with E-state index in [2.05, 4.69) is 43.2 Å². The summed E-state index contributed by atoms with van der Waals surface area (Å²) in [6.45, 7) is -2.19. The van der Waals surface area contributed by atoms with E-state index >= 15 is 0 Å². The zero-order valence-corrected chi connectivity index (χ0v) is 36.7. The number of aliphatic carboxylic acids is 3. The van der Waals surface area contributed by atoms with Gasteiger partial charge in [0.1, 0.15) is 54.6 Å². The van der Waals surface area contributed by atoms with Crippen LogP contribution >= 0.6 is 12.6 Å². The first-order valence-electron chi connectivity index (χ1n) is 20.3. The van der Waals surface area contributed by atoms with E-state index in [1.54, 1.807) is 0 Å². The molecular formula is C38H51N11O19S. The molecule has 2 aromatic heterocycles. The Labute approximate surface area is 393 Å². The molecule has 0 spiro atoms. The minimum atomic E-state index is -2.55. The Hall–Kier alpha value is -7.13. The summed E-state index contributed by atoms with van der Waals surface area (Å²) in [5.74, 6) is -12.3. The van der Waals surface area contributed by atoms with E-state index in [-0.39, 0.29) is 29.2 Å². The average Bonchev–Trinajstić information content (AvgIpc) is 3.30. The minimum Gasteiger partial charge on any atom is -0.481 e. The zero-order chi connectivity index (χ0) is 51.7. The summed E-state index contributed by atoms with van der Waals surface area (Å²) < 4.78 is 0. The molecule has 0 saturated carbocycles. The number of hydrogen-bond donors (Lipinski definition) is 19. The van der Waals surface area contributed by atoms with Crippen molar-refractivity contribution in [2.24, 2.45) is 0 Å². The Kier molecular flexibility index (Phi) is 21.5. The van der Waals surface area contributed by atoms with Crippen molar-refractivity contribution in [1.82, 2.24) is 46.5 Å². The third-order valence-corrected chi connectivity index (χ3v) is 10.2. The van der Waals surface area contributed by atoms with Crippen molar-refractivity contribution in [3.63, 3.8) is 0 Å². The van der Waals surface area contributed by atoms with Crippen LogP contribution in [0.3, 0.4) is 0 Å². The van der Waals surface area contributed by atoms with Crippen LogP contribution in [0.2, 0.25) is 0 Å². The lowest BCUT2D eigenvalue weighted by atomic mass is 9.99. The van der Waals surface area contributed by atoms with Gasteiger partial charge in [-0.2, -0.15) is 17.6 Å². The molecule has 3 rings (SSSR count). The number of aromatic nitrogens is 4. The molecule has 0 saturated heterocycles. The molecule has 0 aliphatic carbocycles. The fourth-order valence-electron chi connectivity index (χ4n) is 5.97. The molecule has 0 aliphatic heterocycles. The van der Waals surface area contributed by atoms with Crippen molar-refractivity contribution in [3.05, 3.63) is 52.1 Å². The predicted molar refractivity (Wildman–Crippen MR) is 235 cm³/mol. The number of fused-ring (bicyclic) bond motifs is 1. The molecule has 378 valence electrons. The molecule has 0 radical (unpaired) electrons. The van der Waals surface area contributed by atoms with Crippen molar-refractivity contribution in [1.29, 1.82) is 0 Å². The second kappa shape index (κ2) is 26.4. The summed E-state index contributed by atoms with van der Waals surface area (Å²) in [5.41, 5.74) is 5.65. The summed E-state index contributed by atoms with van der Waals surface area (Å²) in [7, 11) is 0. The van der Waals surface area contributed by atoms with Gasteiger partial charge in [-0.1, -0.05) is 0 Å². The number of anilines is 2. The topological polar surface area (TPSA) is 509 Å². The van der Waals surface area contributed by atoms with Crippen LogP contribution in [0.5, 0.6) is 0 Å². The second-order valence-corrected chi connectivity index (χ2v) is 15.3. The van der Waals surface area contributed by atoms with Gasteiger partial charge in [0.05, 0.1) is 44.2 Å². The Bertz CT molecular complexity index is 2380. The highest BCUT2D eigenvalue weighted by molar-refractivity contribution is 7.80. The number of hydrogen-bond acceptors (Lipinski definition) is 22. The van der Waals surface area contributed by atoms with Crippen molar-refractivity contribution in [3.8, 4) is 0 Å². The number of H-pyrrole nitrogens is 1. The number of carboxylic acids is 3. The van der Waals surface area contributed by atoms with Crippen molar-refractivity contribution in [2.75, 3.05) is 30.0 Å². The Morgan fingerprint density at radius 3 is 1.88 bits per heavy atom. The molecular weight excluding hydrogens is 947 g/mol. The summed E-state index contributed by atoms with van der Waals surface area (Å²) >= 11 is 3.80. The van der Waals surface area contributed by atoms with Crippen LogP contribution in [0.15, 0.2) is 35.3 Å². The minimum absolute atomic E-state index is 0.0318. The molecule has 31 heteroatoms. The Morgan fingerprint density at radius 2 is 1.30 bits per heavy atom. The van der Waals surface area contributed by atoms with E-state index in [4.69, 9.17) is 5.73 Å². The molecule has 0 aliphatic rings. The van der Waals surface area contributed by atoms with Gasteiger partial charge in [0.25, 0.3) is 11.5 Å². The number of nitrogen functional groups attached to an aromatic ring is 1. The predicted octanol–water partition coefficient (Wildman–Crippen LogP) is -7.52. The first-order valence-corrected chi connectivity index (χ1v) is 20.9. The highest BCUT2D eigenvalue weighted by atomic mass is 32.1. The third-order valence-electron chi connectivity index (χ3n) is 9.79. The van der Waals surface area contributed by atoms with Crippen LogP contribution in [-0.4, -0.2) is 198 Å². The van der Waals surface area contributed by atoms with Gasteiger partial charge in [0, 0.05) is 29.8 Å². The van der Waals surface area contributed by atoms with Crippen LogP contribution < -0.4 is 43.2 Å². The number of aromatic amines is 1. The SMILES string of the molecule is Nc1nc2ncc(CNc3ccc(C(=O)N[C@@H](CCC(=O)NC(C(=O)N[C@@H](CC(=O)O)C(=O)NC(C[C@H](O)[C@H](O)CO)C(=O)N[C@H](CS)C(=O)O)C(O)[C@H](O)[C@H](O)CO)C(=O)O)cc3)nc2c(=O)[nH]1. The number of carboxylic acid groups (broad SMARTS) is 3. The maximum Gasteiger partial charge on any atom is 0.327 e. The number of nitrogens with one attached hydrogen (secondary N) is 7. The van der Waals surface area contributed by atoms with E-state index in [0.29, 0.717) is 11.4 Å². The van der Waals surface area contributed by atoms with Crippen LogP contribution in [0, 0.1) is 0 Å². The number of rotatable bonds is 28. The lowest BCUT2D eigenvalue weighted by Crippen LogP contribution is -2.62. The number of carbonyl (C=O) groups is 8. The summed E-state index contributed by atoms with van der Waals surface area (Å²) in [4.78, 5) is 128. The van der Waals surface area contributed by atoms with Gasteiger partial charge in [-0.25, -0.2) is 19.6 Å². The van der Waals surface area contributed by atoms with E-state index < -0.39 is 158 Å². The molecule has 5 amide bonds. The molecule has 0 bridgehead atoms. The number of nitrogens with two attached hydrogens (primary N) is 1. The van der Waals surface area contributed by atoms with E-state index in [9.17, 15) is 94.2 Å². The van der Waals surface area contributed by atoms with Crippen LogP contribution in [0.25, 0.3) is 11.2 Å². The largest absolute Gasteiger partial charge is 0.481 e. The van der Waals surface area contributed by atoms with Gasteiger partial charge in [-0.15, -0.1) is 0 Å². The van der Waals surface area contributed by atoms with Crippen LogP contribution in [0.4, 0.5) is 11.6 Å². The number of aliphatic hydroxyl groups excluding tert-OH is 7. The summed E-state index contributed by atoms with van der Waals surface area (Å²) in [6.07, 6.45) is -13.4. The second-order valence-electron chi connectivity index (χ2n) is 15.0. The highest BCUT2D eigenvalue weighted by Gasteiger charge is 2.40. The fraction of sp³-hybridized carbons (Fsp3) is 0.474. The smallest absolute Gasteiger partial charge is 0.327 e.